The van der Waals surface area contributed by atoms with Gasteiger partial charge in [0.1, 0.15) is 6.04 Å². The Morgan fingerprint density at radius 3 is 2.75 bits per heavy atom. The number of hydrogen-bond donors (Lipinski definition) is 2. The number of fused-ring (bicyclic) bond motifs is 1. The average molecular weight is 283 g/mol. The first-order valence-electron chi connectivity index (χ1n) is 7.45. The van der Waals surface area contributed by atoms with E-state index >= 15 is 0 Å². The largest absolute Gasteiger partial charge is 0.480 e. The molecular formula is C14H25N3O3. The Labute approximate surface area is 120 Å². The van der Waals surface area contributed by atoms with Crippen LogP contribution in [0.1, 0.15) is 33.1 Å². The number of piperazine rings is 1. The van der Waals surface area contributed by atoms with Gasteiger partial charge in [0.2, 0.25) is 5.91 Å². The topological polar surface area (TPSA) is 72.9 Å². The molecule has 0 saturated carbocycles. The highest BCUT2D eigenvalue weighted by Gasteiger charge is 2.35. The van der Waals surface area contributed by atoms with Gasteiger partial charge >= 0.3 is 5.97 Å². The van der Waals surface area contributed by atoms with Crippen molar-refractivity contribution in [3.63, 3.8) is 0 Å². The summed E-state index contributed by atoms with van der Waals surface area (Å²) in [5.74, 6) is -1.25. The molecule has 2 fully saturated rings. The van der Waals surface area contributed by atoms with E-state index < -0.39 is 12.0 Å². The van der Waals surface area contributed by atoms with E-state index in [1.807, 2.05) is 0 Å². The molecule has 2 rings (SSSR count). The van der Waals surface area contributed by atoms with Crippen LogP contribution in [-0.4, -0.2) is 71.1 Å². The molecule has 2 N–H and O–H groups in total. The van der Waals surface area contributed by atoms with Gasteiger partial charge in [0, 0.05) is 38.6 Å². The smallest absolute Gasteiger partial charge is 0.327 e. The van der Waals surface area contributed by atoms with Crippen molar-refractivity contribution in [1.82, 2.24) is 15.1 Å². The number of rotatable bonds is 4. The van der Waals surface area contributed by atoms with Crippen LogP contribution in [0.2, 0.25) is 0 Å². The summed E-state index contributed by atoms with van der Waals surface area (Å²) in [4.78, 5) is 27.1. The van der Waals surface area contributed by atoms with Gasteiger partial charge in [-0.2, -0.15) is 0 Å². The summed E-state index contributed by atoms with van der Waals surface area (Å²) in [6.45, 7) is 6.95. The van der Waals surface area contributed by atoms with Crippen LogP contribution >= 0.6 is 0 Å². The Hall–Kier alpha value is -1.14. The standard InChI is InChI=1S/C14H25N3O3/c1-10-7-16-6-4-3-5-12(16)8-17(10)9-13(14(19)20)15-11(2)18/h10,12-13H,3-9H2,1-2H3,(H,15,18)(H,19,20). The van der Waals surface area contributed by atoms with Gasteiger partial charge in [-0.25, -0.2) is 4.79 Å². The summed E-state index contributed by atoms with van der Waals surface area (Å²) < 4.78 is 0. The second kappa shape index (κ2) is 6.54. The summed E-state index contributed by atoms with van der Waals surface area (Å²) >= 11 is 0. The van der Waals surface area contributed by atoms with Crippen LogP contribution in [-0.2, 0) is 9.59 Å². The molecule has 3 unspecified atom stereocenters. The van der Waals surface area contributed by atoms with Crippen molar-refractivity contribution >= 4 is 11.9 Å². The lowest BCUT2D eigenvalue weighted by atomic mass is 9.97. The molecule has 1 amide bonds. The predicted molar refractivity (Wildman–Crippen MR) is 75.5 cm³/mol. The first-order valence-corrected chi connectivity index (χ1v) is 7.45. The SMILES string of the molecule is CC(=O)NC(CN1CC2CCCCN2CC1C)C(=O)O. The molecule has 2 aliphatic rings. The Balaban J connectivity index is 1.96. The van der Waals surface area contributed by atoms with Crippen molar-refractivity contribution in [1.29, 1.82) is 0 Å². The van der Waals surface area contributed by atoms with E-state index in [2.05, 4.69) is 22.0 Å². The molecule has 0 spiro atoms. The molecule has 2 heterocycles. The summed E-state index contributed by atoms with van der Waals surface area (Å²) in [6.07, 6.45) is 3.73. The van der Waals surface area contributed by atoms with Crippen molar-refractivity contribution < 1.29 is 14.7 Å². The number of piperidine rings is 1. The lowest BCUT2D eigenvalue weighted by Crippen LogP contribution is -2.61. The molecule has 6 heteroatoms. The van der Waals surface area contributed by atoms with Crippen molar-refractivity contribution in [3.8, 4) is 0 Å². The van der Waals surface area contributed by atoms with Crippen molar-refractivity contribution in [2.75, 3.05) is 26.2 Å². The maximum atomic E-state index is 11.2. The van der Waals surface area contributed by atoms with E-state index in [-0.39, 0.29) is 5.91 Å². The molecule has 2 aliphatic heterocycles. The number of amides is 1. The summed E-state index contributed by atoms with van der Waals surface area (Å²) in [6, 6.07) is 0.0665. The minimum atomic E-state index is -0.960. The van der Waals surface area contributed by atoms with E-state index in [1.54, 1.807) is 0 Å². The number of carboxylic acid groups (broad SMARTS) is 1. The van der Waals surface area contributed by atoms with Gasteiger partial charge in [-0.3, -0.25) is 14.6 Å². The molecule has 0 aromatic rings. The molecule has 114 valence electrons. The zero-order valence-electron chi connectivity index (χ0n) is 12.3. The highest BCUT2D eigenvalue weighted by molar-refractivity contribution is 5.82. The third-order valence-corrected chi connectivity index (χ3v) is 4.41. The number of aliphatic carboxylic acids is 1. The number of hydrogen-bond acceptors (Lipinski definition) is 4. The lowest BCUT2D eigenvalue weighted by molar-refractivity contribution is -0.142. The van der Waals surface area contributed by atoms with E-state index in [4.69, 9.17) is 0 Å². The maximum absolute atomic E-state index is 11.2. The van der Waals surface area contributed by atoms with Gasteiger partial charge in [0.25, 0.3) is 0 Å². The third-order valence-electron chi connectivity index (χ3n) is 4.41. The van der Waals surface area contributed by atoms with Crippen molar-refractivity contribution in [2.45, 2.75) is 51.2 Å². The summed E-state index contributed by atoms with van der Waals surface area (Å²) in [5, 5.41) is 11.7. The van der Waals surface area contributed by atoms with Gasteiger partial charge in [-0.05, 0) is 26.3 Å². The first kappa shape index (κ1) is 15.3. The highest BCUT2D eigenvalue weighted by atomic mass is 16.4. The van der Waals surface area contributed by atoms with Crippen LogP contribution in [0.25, 0.3) is 0 Å². The van der Waals surface area contributed by atoms with E-state index in [1.165, 1.54) is 26.2 Å². The molecular weight excluding hydrogens is 258 g/mol. The van der Waals surface area contributed by atoms with Crippen LogP contribution in [0.5, 0.6) is 0 Å². The fourth-order valence-electron chi connectivity index (χ4n) is 3.33. The number of nitrogens with zero attached hydrogens (tertiary/aromatic N) is 2. The monoisotopic (exact) mass is 283 g/mol. The van der Waals surface area contributed by atoms with E-state index in [9.17, 15) is 14.7 Å². The summed E-state index contributed by atoms with van der Waals surface area (Å²) in [7, 11) is 0. The Kier molecular flexibility index (Phi) is 4.99. The fourth-order valence-corrected chi connectivity index (χ4v) is 3.33. The third kappa shape index (κ3) is 3.70. The molecule has 0 aromatic carbocycles. The van der Waals surface area contributed by atoms with Crippen molar-refractivity contribution in [3.05, 3.63) is 0 Å². The second-order valence-corrected chi connectivity index (χ2v) is 6.04. The normalized spacial score (nSPS) is 29.5. The van der Waals surface area contributed by atoms with Gasteiger partial charge in [0.05, 0.1) is 0 Å². The van der Waals surface area contributed by atoms with Crippen LogP contribution in [0.15, 0.2) is 0 Å². The lowest BCUT2D eigenvalue weighted by Gasteiger charge is -2.48. The molecule has 6 nitrogen and oxygen atoms in total. The molecule has 0 bridgehead atoms. The minimum Gasteiger partial charge on any atom is -0.480 e. The van der Waals surface area contributed by atoms with Crippen LogP contribution < -0.4 is 5.32 Å². The van der Waals surface area contributed by atoms with Gasteiger partial charge < -0.3 is 10.4 Å². The molecule has 2 saturated heterocycles. The minimum absolute atomic E-state index is 0.290. The molecule has 0 radical (unpaired) electrons. The van der Waals surface area contributed by atoms with Crippen LogP contribution in [0.4, 0.5) is 0 Å². The van der Waals surface area contributed by atoms with Gasteiger partial charge in [-0.15, -0.1) is 0 Å². The fraction of sp³-hybridized carbons (Fsp3) is 0.857. The molecule has 20 heavy (non-hydrogen) atoms. The molecule has 0 aliphatic carbocycles. The molecule has 0 aromatic heterocycles. The quantitative estimate of drug-likeness (QED) is 0.767. The first-order chi connectivity index (χ1) is 9.47. The van der Waals surface area contributed by atoms with Crippen LogP contribution in [0, 0.1) is 0 Å². The van der Waals surface area contributed by atoms with Crippen LogP contribution in [0.3, 0.4) is 0 Å². The second-order valence-electron chi connectivity index (χ2n) is 6.04. The zero-order valence-corrected chi connectivity index (χ0v) is 12.3. The van der Waals surface area contributed by atoms with E-state index in [0.717, 1.165) is 19.6 Å². The zero-order chi connectivity index (χ0) is 14.7. The van der Waals surface area contributed by atoms with E-state index in [0.29, 0.717) is 18.6 Å². The summed E-state index contributed by atoms with van der Waals surface area (Å²) in [5.41, 5.74) is 0. The average Bonchev–Trinajstić information content (AvgIpc) is 2.38. The van der Waals surface area contributed by atoms with Gasteiger partial charge in [0.15, 0.2) is 0 Å². The Morgan fingerprint density at radius 2 is 2.10 bits per heavy atom. The van der Waals surface area contributed by atoms with Crippen molar-refractivity contribution in [2.24, 2.45) is 0 Å². The Bertz CT molecular complexity index is 375. The maximum Gasteiger partial charge on any atom is 0.327 e. The highest BCUT2D eigenvalue weighted by Crippen LogP contribution is 2.24. The Morgan fingerprint density at radius 1 is 1.35 bits per heavy atom. The predicted octanol–water partition coefficient (Wildman–Crippen LogP) is 0.134. The number of carbonyl (C=O) groups is 2. The number of carboxylic acids is 1. The van der Waals surface area contributed by atoms with Gasteiger partial charge in [-0.1, -0.05) is 6.42 Å². The molecule has 3 atom stereocenters. The number of carbonyl (C=O) groups excluding carboxylic acids is 1. The number of nitrogens with one attached hydrogen (secondary N) is 1.